The summed E-state index contributed by atoms with van der Waals surface area (Å²) in [6.45, 7) is 4.77. The molecule has 6 aromatic rings. The zero-order valence-electron chi connectivity index (χ0n) is 27.9. The second-order valence-electron chi connectivity index (χ2n) is 12.1. The summed E-state index contributed by atoms with van der Waals surface area (Å²) < 4.78 is 5.35. The Kier molecular flexibility index (Phi) is 10.4. The van der Waals surface area contributed by atoms with Gasteiger partial charge < -0.3 is 9.64 Å². The molecule has 0 bridgehead atoms. The van der Waals surface area contributed by atoms with Gasteiger partial charge >= 0.3 is 5.97 Å². The first-order valence-corrected chi connectivity index (χ1v) is 17.9. The van der Waals surface area contributed by atoms with Crippen molar-refractivity contribution in [2.24, 2.45) is 30.7 Å². The molecule has 1 fully saturated rings. The fraction of sp³-hybridized carbons (Fsp3) is 0.225. The molecule has 1 aromatic heterocycles. The van der Waals surface area contributed by atoms with Gasteiger partial charge in [0.2, 0.25) is 0 Å². The standard InChI is InChI=1S/C40H37N7O2S/c1-2-3-10-27-49-40(48)28-15-17-29(18-16-28)41-42-34-19-20-35(31-12-5-4-11-30(31)34)43-44-36-21-22-37(33-14-7-6-13-32(33)36)45-46-38-23-24-39(50-38)47-25-8-9-26-47/h4-7,11-24H,2-3,8-10,25-27H2,1H3/b42-41+,44-43+,46-45+. The number of thiophene rings is 1. The summed E-state index contributed by atoms with van der Waals surface area (Å²) in [6, 6.07) is 34.8. The minimum absolute atomic E-state index is 0.324. The van der Waals surface area contributed by atoms with Crippen LogP contribution in [0.5, 0.6) is 0 Å². The minimum Gasteiger partial charge on any atom is -0.462 e. The highest BCUT2D eigenvalue weighted by Gasteiger charge is 2.14. The van der Waals surface area contributed by atoms with Crippen molar-refractivity contribution < 1.29 is 9.53 Å². The van der Waals surface area contributed by atoms with Gasteiger partial charge in [-0.1, -0.05) is 79.6 Å². The van der Waals surface area contributed by atoms with E-state index in [1.54, 1.807) is 35.6 Å². The molecule has 0 unspecified atom stereocenters. The van der Waals surface area contributed by atoms with Gasteiger partial charge in [0.1, 0.15) is 5.00 Å². The normalized spacial score (nSPS) is 13.5. The number of azo groups is 3. The maximum atomic E-state index is 12.3. The Hall–Kier alpha value is -5.61. The van der Waals surface area contributed by atoms with Gasteiger partial charge in [0.05, 0.1) is 45.6 Å². The van der Waals surface area contributed by atoms with E-state index in [-0.39, 0.29) is 5.97 Å². The van der Waals surface area contributed by atoms with Crippen LogP contribution in [-0.4, -0.2) is 25.7 Å². The third-order valence-electron chi connectivity index (χ3n) is 8.63. The van der Waals surface area contributed by atoms with E-state index in [4.69, 9.17) is 9.85 Å². The fourth-order valence-electron chi connectivity index (χ4n) is 5.95. The number of carbonyl (C=O) groups is 1. The lowest BCUT2D eigenvalue weighted by Gasteiger charge is -2.13. The summed E-state index contributed by atoms with van der Waals surface area (Å²) in [5.74, 6) is -0.324. The van der Waals surface area contributed by atoms with Gasteiger partial charge in [0.25, 0.3) is 0 Å². The molecule has 5 aromatic carbocycles. The first-order valence-electron chi connectivity index (χ1n) is 17.1. The van der Waals surface area contributed by atoms with Gasteiger partial charge in [-0.3, -0.25) is 0 Å². The third-order valence-corrected chi connectivity index (χ3v) is 9.66. The van der Waals surface area contributed by atoms with Crippen LogP contribution in [-0.2, 0) is 4.74 Å². The van der Waals surface area contributed by atoms with Crippen molar-refractivity contribution in [1.82, 2.24) is 0 Å². The molecule has 1 saturated heterocycles. The van der Waals surface area contributed by atoms with E-state index in [0.29, 0.717) is 23.5 Å². The van der Waals surface area contributed by atoms with Crippen molar-refractivity contribution in [1.29, 1.82) is 0 Å². The molecule has 50 heavy (non-hydrogen) atoms. The quantitative estimate of drug-likeness (QED) is 0.0730. The molecule has 0 spiro atoms. The van der Waals surface area contributed by atoms with Crippen LogP contribution in [0.3, 0.4) is 0 Å². The van der Waals surface area contributed by atoms with Crippen LogP contribution in [0.15, 0.2) is 140 Å². The summed E-state index contributed by atoms with van der Waals surface area (Å²) in [6.07, 6.45) is 5.48. The van der Waals surface area contributed by atoms with Gasteiger partial charge in [0.15, 0.2) is 0 Å². The van der Waals surface area contributed by atoms with E-state index in [0.717, 1.165) is 76.0 Å². The summed E-state index contributed by atoms with van der Waals surface area (Å²) in [7, 11) is 0. The molecule has 1 aliphatic heterocycles. The Labute approximate surface area is 295 Å². The predicted octanol–water partition coefficient (Wildman–Crippen LogP) is 13.2. The summed E-state index contributed by atoms with van der Waals surface area (Å²) in [4.78, 5) is 14.7. The molecule has 2 heterocycles. The zero-order chi connectivity index (χ0) is 34.1. The number of rotatable bonds is 12. The second-order valence-corrected chi connectivity index (χ2v) is 13.1. The van der Waals surface area contributed by atoms with Crippen LogP contribution in [0.2, 0.25) is 0 Å². The SMILES string of the molecule is CCCCCOC(=O)c1ccc(/N=N/c2ccc(/N=N/c3ccc(/N=N/c4ccc(N5CCCC5)s4)c4ccccc34)c3ccccc23)cc1. The van der Waals surface area contributed by atoms with E-state index in [1.807, 2.05) is 78.9 Å². The van der Waals surface area contributed by atoms with Crippen LogP contribution in [0.1, 0.15) is 49.4 Å². The molecular weight excluding hydrogens is 643 g/mol. The molecule has 10 heteroatoms. The average molecular weight is 680 g/mol. The van der Waals surface area contributed by atoms with Crippen molar-refractivity contribution in [2.45, 2.75) is 39.0 Å². The molecule has 0 radical (unpaired) electrons. The van der Waals surface area contributed by atoms with Crippen molar-refractivity contribution in [3.8, 4) is 0 Å². The van der Waals surface area contributed by atoms with Crippen molar-refractivity contribution in [3.63, 3.8) is 0 Å². The third kappa shape index (κ3) is 7.66. The van der Waals surface area contributed by atoms with Gasteiger partial charge in [-0.2, -0.15) is 5.11 Å². The largest absolute Gasteiger partial charge is 0.462 e. The molecule has 7 rings (SSSR count). The van der Waals surface area contributed by atoms with E-state index >= 15 is 0 Å². The monoisotopic (exact) mass is 679 g/mol. The molecule has 0 N–H and O–H groups in total. The fourth-order valence-corrected chi connectivity index (χ4v) is 6.83. The van der Waals surface area contributed by atoms with Crippen LogP contribution in [0.4, 0.5) is 38.4 Å². The Balaban J connectivity index is 1.08. The van der Waals surface area contributed by atoms with E-state index in [9.17, 15) is 4.79 Å². The smallest absolute Gasteiger partial charge is 0.338 e. The van der Waals surface area contributed by atoms with Crippen LogP contribution in [0.25, 0.3) is 21.5 Å². The van der Waals surface area contributed by atoms with Crippen molar-refractivity contribution in [2.75, 3.05) is 24.6 Å². The van der Waals surface area contributed by atoms with Crippen LogP contribution in [0, 0.1) is 0 Å². The number of esters is 1. The predicted molar refractivity (Wildman–Crippen MR) is 202 cm³/mol. The minimum atomic E-state index is -0.324. The number of benzene rings is 5. The first-order chi connectivity index (χ1) is 24.7. The number of hydrogen-bond acceptors (Lipinski definition) is 10. The Morgan fingerprint density at radius 3 is 1.68 bits per heavy atom. The summed E-state index contributed by atoms with van der Waals surface area (Å²) in [5.41, 5.74) is 4.09. The van der Waals surface area contributed by atoms with E-state index in [1.165, 1.54) is 17.8 Å². The van der Waals surface area contributed by atoms with E-state index < -0.39 is 0 Å². The lowest BCUT2D eigenvalue weighted by atomic mass is 10.1. The van der Waals surface area contributed by atoms with Crippen LogP contribution >= 0.6 is 11.3 Å². The first kappa shape index (κ1) is 32.9. The molecule has 0 aliphatic carbocycles. The highest BCUT2D eigenvalue weighted by atomic mass is 32.1. The molecule has 9 nitrogen and oxygen atoms in total. The average Bonchev–Trinajstić information content (AvgIpc) is 3.88. The number of unbranched alkanes of at least 4 members (excludes halogenated alkanes) is 2. The maximum absolute atomic E-state index is 12.3. The lowest BCUT2D eigenvalue weighted by molar-refractivity contribution is 0.0498. The number of anilines is 1. The Morgan fingerprint density at radius 1 is 0.620 bits per heavy atom. The molecule has 250 valence electrons. The molecule has 0 atom stereocenters. The number of carbonyl (C=O) groups excluding carboxylic acids is 1. The molecule has 1 aliphatic rings. The van der Waals surface area contributed by atoms with E-state index in [2.05, 4.69) is 43.5 Å². The van der Waals surface area contributed by atoms with Gasteiger partial charge in [-0.05, 0) is 79.9 Å². The van der Waals surface area contributed by atoms with Gasteiger partial charge in [0, 0.05) is 34.6 Å². The Morgan fingerprint density at radius 2 is 1.14 bits per heavy atom. The second kappa shape index (κ2) is 15.7. The summed E-state index contributed by atoms with van der Waals surface area (Å²) in [5, 5.41) is 33.4. The Bertz CT molecular complexity index is 2200. The van der Waals surface area contributed by atoms with Crippen molar-refractivity contribution >= 4 is 77.3 Å². The van der Waals surface area contributed by atoms with Gasteiger partial charge in [-0.15, -0.1) is 25.6 Å². The summed E-state index contributed by atoms with van der Waals surface area (Å²) >= 11 is 1.68. The highest BCUT2D eigenvalue weighted by Crippen LogP contribution is 2.39. The topological polar surface area (TPSA) is 104 Å². The lowest BCUT2D eigenvalue weighted by Crippen LogP contribution is -2.15. The zero-order valence-corrected chi connectivity index (χ0v) is 28.7. The van der Waals surface area contributed by atoms with Crippen LogP contribution < -0.4 is 4.90 Å². The molecule has 0 amide bonds. The number of fused-ring (bicyclic) bond motifs is 2. The number of ether oxygens (including phenoxy) is 1. The number of hydrogen-bond donors (Lipinski definition) is 0. The molecule has 0 saturated carbocycles. The van der Waals surface area contributed by atoms with Crippen molar-refractivity contribution in [3.05, 3.63) is 115 Å². The highest BCUT2D eigenvalue weighted by molar-refractivity contribution is 7.19. The number of nitrogens with zero attached hydrogens (tertiary/aromatic N) is 7. The molecular formula is C40H37N7O2S. The maximum Gasteiger partial charge on any atom is 0.338 e. The van der Waals surface area contributed by atoms with Gasteiger partial charge in [-0.25, -0.2) is 4.79 Å².